The van der Waals surface area contributed by atoms with E-state index in [0.29, 0.717) is 36.7 Å². The summed E-state index contributed by atoms with van der Waals surface area (Å²) in [5.41, 5.74) is 0.946. The normalized spacial score (nSPS) is 16.4. The van der Waals surface area contributed by atoms with E-state index >= 15 is 0 Å². The average molecular weight is 339 g/mol. The van der Waals surface area contributed by atoms with Crippen molar-refractivity contribution in [1.82, 2.24) is 5.32 Å². The molecule has 0 bridgehead atoms. The van der Waals surface area contributed by atoms with E-state index in [1.165, 1.54) is 25.8 Å². The fraction of sp³-hybridized carbons (Fsp3) is 0.611. The second kappa shape index (κ2) is 11.6. The zero-order valence-electron chi connectivity index (χ0n) is 15.1. The molecule has 1 aromatic rings. The van der Waals surface area contributed by atoms with Gasteiger partial charge in [0.15, 0.2) is 11.5 Å². The Balaban J connectivity index is 0.000000341. The van der Waals surface area contributed by atoms with Crippen molar-refractivity contribution in [1.29, 1.82) is 0 Å². The number of piperidine rings is 1. The lowest BCUT2D eigenvalue weighted by molar-refractivity contribution is -0.128. The zero-order chi connectivity index (χ0) is 17.8. The molecule has 1 N–H and O–H groups in total. The highest BCUT2D eigenvalue weighted by Gasteiger charge is 2.12. The highest BCUT2D eigenvalue weighted by molar-refractivity contribution is 5.53. The van der Waals surface area contributed by atoms with Crippen LogP contribution in [0.5, 0.6) is 17.2 Å². The van der Waals surface area contributed by atoms with Gasteiger partial charge in [0, 0.05) is 12.5 Å². The largest absolute Gasteiger partial charge is 0.493 e. The van der Waals surface area contributed by atoms with Crippen LogP contribution in [0.15, 0.2) is 12.1 Å². The molecule has 1 aliphatic rings. The van der Waals surface area contributed by atoms with E-state index in [0.717, 1.165) is 11.6 Å². The maximum absolute atomic E-state index is 10.1. The lowest BCUT2D eigenvalue weighted by Gasteiger charge is -2.18. The quantitative estimate of drug-likeness (QED) is 0.608. The van der Waals surface area contributed by atoms with Gasteiger partial charge >= 0.3 is 0 Å². The smallest absolute Gasteiger partial charge is 0.293 e. The van der Waals surface area contributed by atoms with Crippen molar-refractivity contribution in [3.63, 3.8) is 0 Å². The van der Waals surface area contributed by atoms with E-state index in [9.17, 15) is 4.79 Å². The first kappa shape index (κ1) is 20.1. The molecule has 6 heteroatoms. The van der Waals surface area contributed by atoms with Crippen LogP contribution in [-0.4, -0.2) is 47.0 Å². The van der Waals surface area contributed by atoms with Crippen LogP contribution in [-0.2, 0) is 16.0 Å². The van der Waals surface area contributed by atoms with Crippen LogP contribution in [0.25, 0.3) is 0 Å². The van der Waals surface area contributed by atoms with Crippen LogP contribution in [0.3, 0.4) is 0 Å². The predicted octanol–water partition coefficient (Wildman–Crippen LogP) is 2.58. The summed E-state index contributed by atoms with van der Waals surface area (Å²) in [4.78, 5) is 10.1. The van der Waals surface area contributed by atoms with Crippen molar-refractivity contribution in [2.24, 2.45) is 0 Å². The SMILES string of the molecule is CC1CCCCN1.COc1cc(CCOC=O)cc(OC)c1OC. The van der Waals surface area contributed by atoms with E-state index in [1.54, 1.807) is 21.3 Å². The summed E-state index contributed by atoms with van der Waals surface area (Å²) >= 11 is 0. The Labute approximate surface area is 144 Å². The summed E-state index contributed by atoms with van der Waals surface area (Å²) in [6.07, 6.45) is 4.77. The molecule has 1 unspecified atom stereocenters. The number of nitrogens with one attached hydrogen (secondary N) is 1. The van der Waals surface area contributed by atoms with Crippen LogP contribution >= 0.6 is 0 Å². The van der Waals surface area contributed by atoms with Crippen molar-refractivity contribution in [3.8, 4) is 17.2 Å². The monoisotopic (exact) mass is 339 g/mol. The molecule has 2 rings (SSSR count). The molecule has 24 heavy (non-hydrogen) atoms. The summed E-state index contributed by atoms with van der Waals surface area (Å²) in [7, 11) is 4.67. The van der Waals surface area contributed by atoms with Gasteiger partial charge in [0.05, 0.1) is 27.9 Å². The van der Waals surface area contributed by atoms with Gasteiger partial charge in [0.25, 0.3) is 6.47 Å². The number of ether oxygens (including phenoxy) is 4. The van der Waals surface area contributed by atoms with Crippen LogP contribution < -0.4 is 19.5 Å². The predicted molar refractivity (Wildman–Crippen MR) is 93.1 cm³/mol. The first-order valence-electron chi connectivity index (χ1n) is 8.23. The minimum Gasteiger partial charge on any atom is -0.493 e. The molecule has 1 atom stereocenters. The molecule has 0 aliphatic carbocycles. The van der Waals surface area contributed by atoms with Gasteiger partial charge in [-0.05, 0) is 44.0 Å². The third-order valence-corrected chi connectivity index (χ3v) is 3.86. The highest BCUT2D eigenvalue weighted by atomic mass is 16.5. The summed E-state index contributed by atoms with van der Waals surface area (Å²) in [5.74, 6) is 1.73. The van der Waals surface area contributed by atoms with Crippen LogP contribution in [0.4, 0.5) is 0 Å². The lowest BCUT2D eigenvalue weighted by atomic mass is 10.1. The second-order valence-electron chi connectivity index (χ2n) is 5.60. The maximum Gasteiger partial charge on any atom is 0.293 e. The maximum atomic E-state index is 10.1. The number of rotatable bonds is 7. The summed E-state index contributed by atoms with van der Waals surface area (Å²) in [5, 5.41) is 3.38. The molecule has 136 valence electrons. The van der Waals surface area contributed by atoms with Crippen molar-refractivity contribution in [2.45, 2.75) is 38.6 Å². The molecule has 1 saturated heterocycles. The molecule has 1 heterocycles. The zero-order valence-corrected chi connectivity index (χ0v) is 15.1. The highest BCUT2D eigenvalue weighted by Crippen LogP contribution is 2.38. The van der Waals surface area contributed by atoms with Crippen molar-refractivity contribution >= 4 is 6.47 Å². The Kier molecular flexibility index (Phi) is 9.68. The molecule has 1 aliphatic heterocycles. The van der Waals surface area contributed by atoms with Crippen molar-refractivity contribution < 1.29 is 23.7 Å². The van der Waals surface area contributed by atoms with E-state index < -0.39 is 0 Å². The molecule has 0 spiro atoms. The standard InChI is InChI=1S/C12H16O5.C6H13N/c1-14-10-6-9(4-5-17-8-13)7-11(15-2)12(10)16-3;1-6-4-2-3-5-7-6/h6-8H,4-5H2,1-3H3;6-7H,2-5H2,1H3. The van der Waals surface area contributed by atoms with Crippen LogP contribution in [0.2, 0.25) is 0 Å². The number of carbonyl (C=O) groups excluding carboxylic acids is 1. The Morgan fingerprint density at radius 2 is 1.79 bits per heavy atom. The van der Waals surface area contributed by atoms with Gasteiger partial charge in [0.1, 0.15) is 0 Å². The van der Waals surface area contributed by atoms with Gasteiger partial charge in [-0.1, -0.05) is 6.42 Å². The molecule has 1 aromatic carbocycles. The van der Waals surface area contributed by atoms with Gasteiger partial charge in [-0.2, -0.15) is 0 Å². The summed E-state index contributed by atoms with van der Waals surface area (Å²) in [6, 6.07) is 4.44. The average Bonchev–Trinajstić information content (AvgIpc) is 2.62. The number of hydrogen-bond acceptors (Lipinski definition) is 6. The van der Waals surface area contributed by atoms with E-state index in [-0.39, 0.29) is 0 Å². The Hall–Kier alpha value is -1.95. The fourth-order valence-corrected chi connectivity index (χ4v) is 2.53. The Bertz CT molecular complexity index is 461. The van der Waals surface area contributed by atoms with E-state index in [4.69, 9.17) is 14.2 Å². The fourth-order valence-electron chi connectivity index (χ4n) is 2.53. The third kappa shape index (κ3) is 6.66. The number of carbonyl (C=O) groups is 1. The van der Waals surface area contributed by atoms with Gasteiger partial charge < -0.3 is 24.3 Å². The first-order valence-corrected chi connectivity index (χ1v) is 8.23. The topological polar surface area (TPSA) is 66.0 Å². The molecule has 0 aromatic heterocycles. The van der Waals surface area contributed by atoms with Crippen LogP contribution in [0, 0.1) is 0 Å². The number of methoxy groups -OCH3 is 3. The van der Waals surface area contributed by atoms with Gasteiger partial charge in [-0.3, -0.25) is 4.79 Å². The molecular weight excluding hydrogens is 310 g/mol. The van der Waals surface area contributed by atoms with Crippen molar-refractivity contribution in [3.05, 3.63) is 17.7 Å². The number of hydrogen-bond donors (Lipinski definition) is 1. The van der Waals surface area contributed by atoms with Crippen molar-refractivity contribution in [2.75, 3.05) is 34.5 Å². The molecule has 0 radical (unpaired) electrons. The third-order valence-electron chi connectivity index (χ3n) is 3.86. The number of benzene rings is 1. The van der Waals surface area contributed by atoms with Crippen LogP contribution in [0.1, 0.15) is 31.7 Å². The Morgan fingerprint density at radius 1 is 1.12 bits per heavy atom. The van der Waals surface area contributed by atoms with Gasteiger partial charge in [-0.15, -0.1) is 0 Å². The van der Waals surface area contributed by atoms with E-state index in [1.807, 2.05) is 12.1 Å². The molecule has 6 nitrogen and oxygen atoms in total. The summed E-state index contributed by atoms with van der Waals surface area (Å²) < 4.78 is 20.3. The van der Waals surface area contributed by atoms with E-state index in [2.05, 4.69) is 17.0 Å². The first-order chi connectivity index (χ1) is 11.7. The second-order valence-corrected chi connectivity index (χ2v) is 5.60. The molecule has 0 amide bonds. The molecular formula is C18H29NO5. The van der Waals surface area contributed by atoms with Gasteiger partial charge in [0.2, 0.25) is 5.75 Å². The summed E-state index contributed by atoms with van der Waals surface area (Å²) in [6.45, 7) is 4.24. The van der Waals surface area contributed by atoms with Gasteiger partial charge in [-0.25, -0.2) is 0 Å². The minimum absolute atomic E-state index is 0.322. The minimum atomic E-state index is 0.322. The Morgan fingerprint density at radius 3 is 2.17 bits per heavy atom. The molecule has 1 fully saturated rings. The molecule has 0 saturated carbocycles. The lowest BCUT2D eigenvalue weighted by Crippen LogP contribution is -2.30.